The monoisotopic (exact) mass is 411 g/mol. The van der Waals surface area contributed by atoms with Crippen molar-refractivity contribution in [3.8, 4) is 11.5 Å². The highest BCUT2D eigenvalue weighted by atomic mass is 79.9. The molecule has 4 aromatic rings. The average Bonchev–Trinajstić information content (AvgIpc) is 3.33. The second-order valence-electron chi connectivity index (χ2n) is 5.69. The molecule has 0 saturated heterocycles. The van der Waals surface area contributed by atoms with Gasteiger partial charge in [0.05, 0.1) is 6.26 Å². The molecule has 26 heavy (non-hydrogen) atoms. The number of furan rings is 1. The number of benzene rings is 1. The zero-order chi connectivity index (χ0) is 17.7. The lowest BCUT2D eigenvalue weighted by atomic mass is 9.94. The molecule has 9 nitrogen and oxygen atoms in total. The smallest absolute Gasteiger partial charge is 0.288 e. The van der Waals surface area contributed by atoms with Crippen molar-refractivity contribution in [2.24, 2.45) is 0 Å². The van der Waals surface area contributed by atoms with Crippen LogP contribution in [0.25, 0.3) is 11.5 Å². The Bertz CT molecular complexity index is 1150. The summed E-state index contributed by atoms with van der Waals surface area (Å²) in [5.41, 5.74) is 2.06. The molecule has 0 radical (unpaired) electrons. The highest BCUT2D eigenvalue weighted by Crippen LogP contribution is 2.41. The van der Waals surface area contributed by atoms with Gasteiger partial charge in [-0.1, -0.05) is 33.2 Å². The summed E-state index contributed by atoms with van der Waals surface area (Å²) < 4.78 is 8.09. The van der Waals surface area contributed by atoms with Crippen LogP contribution < -0.4 is 10.9 Å². The average molecular weight is 412 g/mol. The van der Waals surface area contributed by atoms with Crippen LogP contribution in [0.4, 0.5) is 11.6 Å². The summed E-state index contributed by atoms with van der Waals surface area (Å²) in [6.07, 6.45) is 1.56. The van der Waals surface area contributed by atoms with Gasteiger partial charge in [-0.3, -0.25) is 4.79 Å². The van der Waals surface area contributed by atoms with Crippen molar-refractivity contribution in [2.45, 2.75) is 6.04 Å². The quantitative estimate of drug-likeness (QED) is 0.458. The number of aromatic nitrogens is 6. The van der Waals surface area contributed by atoms with Gasteiger partial charge in [0.15, 0.2) is 5.76 Å². The molecule has 1 atom stereocenters. The Hall–Kier alpha value is -3.27. The molecule has 0 bridgehead atoms. The number of hydrogen-bond donors (Lipinski definition) is 2. The molecule has 2 N–H and O–H groups in total. The molecule has 128 valence electrons. The zero-order valence-corrected chi connectivity index (χ0v) is 14.6. The van der Waals surface area contributed by atoms with Crippen LogP contribution in [0, 0.1) is 0 Å². The Labute approximate surface area is 154 Å². The lowest BCUT2D eigenvalue weighted by Crippen LogP contribution is -2.29. The number of nitrogens with zero attached hydrogens (tertiary/aromatic N) is 5. The second kappa shape index (κ2) is 5.63. The van der Waals surface area contributed by atoms with Crippen LogP contribution in [0.15, 0.2) is 56.3 Å². The van der Waals surface area contributed by atoms with Crippen LogP contribution in [-0.2, 0) is 0 Å². The fraction of sp³-hybridized carbons (Fsp3) is 0.0625. The first kappa shape index (κ1) is 15.0. The molecule has 0 spiro atoms. The molecule has 10 heteroatoms. The standard InChI is InChI=1S/C16H10BrN7O2/c17-9-5-3-8(4-6-9)14-11-12(10-2-1-7-26-10)19-20-15(25)13(11)18-16-21-22-23-24(14)16/h1-7,14H,(H,20,25)(H,18,21,23)/t14-/m0/s1. The summed E-state index contributed by atoms with van der Waals surface area (Å²) in [4.78, 5) is 12.5. The van der Waals surface area contributed by atoms with E-state index in [1.54, 1.807) is 23.1 Å². The number of halogens is 1. The summed E-state index contributed by atoms with van der Waals surface area (Å²) in [6, 6.07) is 10.9. The topological polar surface area (TPSA) is 115 Å². The minimum atomic E-state index is -0.431. The number of anilines is 2. The summed E-state index contributed by atoms with van der Waals surface area (Å²) in [5, 5.41) is 21.5. The van der Waals surface area contributed by atoms with E-state index in [0.29, 0.717) is 28.7 Å². The van der Waals surface area contributed by atoms with Gasteiger partial charge in [-0.2, -0.15) is 9.78 Å². The van der Waals surface area contributed by atoms with Gasteiger partial charge in [0.2, 0.25) is 5.95 Å². The van der Waals surface area contributed by atoms with Gasteiger partial charge in [0.1, 0.15) is 17.4 Å². The van der Waals surface area contributed by atoms with E-state index >= 15 is 0 Å². The van der Waals surface area contributed by atoms with Gasteiger partial charge >= 0.3 is 0 Å². The molecule has 0 unspecified atom stereocenters. The van der Waals surface area contributed by atoms with Crippen LogP contribution in [0.3, 0.4) is 0 Å². The van der Waals surface area contributed by atoms with Crippen LogP contribution in [-0.4, -0.2) is 30.4 Å². The van der Waals surface area contributed by atoms with Crippen molar-refractivity contribution in [1.29, 1.82) is 0 Å². The molecular formula is C16H10BrN7O2. The maximum absolute atomic E-state index is 12.5. The SMILES string of the molecule is O=c1[nH]nc(-c2ccco2)c2c1Nc1nnnn1[C@H]2c1ccc(Br)cc1. The molecule has 0 aliphatic carbocycles. The molecule has 0 amide bonds. The highest BCUT2D eigenvalue weighted by Gasteiger charge is 2.34. The predicted octanol–water partition coefficient (Wildman–Crippen LogP) is 2.47. The van der Waals surface area contributed by atoms with Gasteiger partial charge in [-0.05, 0) is 40.3 Å². The van der Waals surface area contributed by atoms with Gasteiger partial charge < -0.3 is 9.73 Å². The van der Waals surface area contributed by atoms with Crippen molar-refractivity contribution in [1.82, 2.24) is 30.4 Å². The molecule has 5 rings (SSSR count). The third-order valence-corrected chi connectivity index (χ3v) is 4.74. The van der Waals surface area contributed by atoms with Gasteiger partial charge in [0.25, 0.3) is 5.56 Å². The number of aromatic amines is 1. The van der Waals surface area contributed by atoms with Gasteiger partial charge in [0, 0.05) is 10.0 Å². The maximum atomic E-state index is 12.5. The largest absolute Gasteiger partial charge is 0.463 e. The van der Waals surface area contributed by atoms with Gasteiger partial charge in [-0.15, -0.1) is 0 Å². The first-order valence-electron chi connectivity index (χ1n) is 7.69. The van der Waals surface area contributed by atoms with E-state index in [0.717, 1.165) is 10.0 Å². The van der Waals surface area contributed by atoms with E-state index in [1.165, 1.54) is 0 Å². The van der Waals surface area contributed by atoms with E-state index < -0.39 is 6.04 Å². The first-order chi connectivity index (χ1) is 12.7. The minimum absolute atomic E-state index is 0.349. The fourth-order valence-corrected chi connectivity index (χ4v) is 3.36. The van der Waals surface area contributed by atoms with Crippen molar-refractivity contribution in [2.75, 3.05) is 5.32 Å². The van der Waals surface area contributed by atoms with Crippen LogP contribution in [0.2, 0.25) is 0 Å². The molecule has 0 saturated carbocycles. The van der Waals surface area contributed by atoms with E-state index in [-0.39, 0.29) is 5.56 Å². The van der Waals surface area contributed by atoms with Crippen molar-refractivity contribution >= 4 is 27.6 Å². The number of rotatable bonds is 2. The first-order valence-corrected chi connectivity index (χ1v) is 8.48. The van der Waals surface area contributed by atoms with Crippen molar-refractivity contribution in [3.63, 3.8) is 0 Å². The van der Waals surface area contributed by atoms with E-state index in [9.17, 15) is 4.79 Å². The van der Waals surface area contributed by atoms with Crippen molar-refractivity contribution < 1.29 is 4.42 Å². The zero-order valence-electron chi connectivity index (χ0n) is 13.0. The number of hydrogen-bond acceptors (Lipinski definition) is 7. The maximum Gasteiger partial charge on any atom is 0.288 e. The summed E-state index contributed by atoms with van der Waals surface area (Å²) in [7, 11) is 0. The summed E-state index contributed by atoms with van der Waals surface area (Å²) in [6.45, 7) is 0. The van der Waals surface area contributed by atoms with E-state index in [1.807, 2.05) is 24.3 Å². The molecular weight excluding hydrogens is 402 g/mol. The van der Waals surface area contributed by atoms with Crippen molar-refractivity contribution in [3.05, 3.63) is 68.6 Å². The Morgan fingerprint density at radius 1 is 1.19 bits per heavy atom. The molecule has 4 heterocycles. The normalized spacial score (nSPS) is 15.2. The Morgan fingerprint density at radius 3 is 2.81 bits per heavy atom. The minimum Gasteiger partial charge on any atom is -0.463 e. The fourth-order valence-electron chi connectivity index (χ4n) is 3.09. The van der Waals surface area contributed by atoms with Crippen LogP contribution in [0.1, 0.15) is 17.2 Å². The lowest BCUT2D eigenvalue weighted by Gasteiger charge is -2.27. The Balaban J connectivity index is 1.83. The molecule has 1 aliphatic heterocycles. The number of tetrazole rings is 1. The molecule has 0 fully saturated rings. The predicted molar refractivity (Wildman–Crippen MR) is 95.0 cm³/mol. The Kier molecular flexibility index (Phi) is 3.25. The molecule has 3 aromatic heterocycles. The number of H-pyrrole nitrogens is 1. The van der Waals surface area contributed by atoms with E-state index in [2.05, 4.69) is 47.0 Å². The van der Waals surface area contributed by atoms with Crippen LogP contribution >= 0.6 is 15.9 Å². The Morgan fingerprint density at radius 2 is 2.04 bits per heavy atom. The number of nitrogens with one attached hydrogen (secondary N) is 2. The third-order valence-electron chi connectivity index (χ3n) is 4.21. The molecule has 1 aromatic carbocycles. The van der Waals surface area contributed by atoms with E-state index in [4.69, 9.17) is 4.42 Å². The summed E-state index contributed by atoms with van der Waals surface area (Å²) >= 11 is 3.44. The second-order valence-corrected chi connectivity index (χ2v) is 6.61. The highest BCUT2D eigenvalue weighted by molar-refractivity contribution is 9.10. The van der Waals surface area contributed by atoms with Crippen LogP contribution in [0.5, 0.6) is 0 Å². The summed E-state index contributed by atoms with van der Waals surface area (Å²) in [5.74, 6) is 0.922. The molecule has 1 aliphatic rings. The lowest BCUT2D eigenvalue weighted by molar-refractivity contribution is 0.554. The number of fused-ring (bicyclic) bond motifs is 2. The van der Waals surface area contributed by atoms with Gasteiger partial charge in [-0.25, -0.2) is 5.10 Å². The third kappa shape index (κ3) is 2.19.